The molecule has 0 N–H and O–H groups in total. The van der Waals surface area contributed by atoms with Crippen molar-refractivity contribution in [2.45, 2.75) is 30.4 Å². The van der Waals surface area contributed by atoms with Crippen LogP contribution in [-0.4, -0.2) is 83.7 Å². The van der Waals surface area contributed by atoms with E-state index in [1.165, 1.54) is 34.3 Å². The molecule has 0 bridgehead atoms. The van der Waals surface area contributed by atoms with Crippen molar-refractivity contribution in [3.8, 4) is 0 Å². The molecule has 1 fully saturated rings. The Bertz CT molecular complexity index is 1130. The van der Waals surface area contributed by atoms with Crippen molar-refractivity contribution < 1.29 is 22.9 Å². The van der Waals surface area contributed by atoms with E-state index in [2.05, 4.69) is 4.98 Å². The molecular formula is C20H27N5O6S2. The zero-order valence-electron chi connectivity index (χ0n) is 18.8. The van der Waals surface area contributed by atoms with Gasteiger partial charge in [0.25, 0.3) is 5.69 Å². The van der Waals surface area contributed by atoms with Crippen molar-refractivity contribution in [1.82, 2.24) is 18.8 Å². The van der Waals surface area contributed by atoms with Crippen LogP contribution in [0, 0.1) is 24.0 Å². The monoisotopic (exact) mass is 497 g/mol. The Labute approximate surface area is 196 Å². The first-order valence-corrected chi connectivity index (χ1v) is 12.8. The normalized spacial score (nSPS) is 15.1. The number of amides is 1. The second kappa shape index (κ2) is 10.6. The highest BCUT2D eigenvalue weighted by Gasteiger charge is 2.31. The molecule has 11 nitrogen and oxygen atoms in total. The third kappa shape index (κ3) is 5.72. The molecule has 1 amide bonds. The molecule has 1 aliphatic heterocycles. The van der Waals surface area contributed by atoms with E-state index >= 15 is 0 Å². The molecule has 0 saturated carbocycles. The number of non-ortho nitro benzene ring substituents is 1. The second-order valence-corrected chi connectivity index (χ2v) is 10.4. The highest BCUT2D eigenvalue weighted by Crippen LogP contribution is 2.24. The number of methoxy groups -OCH3 is 1. The van der Waals surface area contributed by atoms with Crippen molar-refractivity contribution in [2.75, 3.05) is 45.6 Å². The molecule has 0 radical (unpaired) electrons. The zero-order valence-corrected chi connectivity index (χ0v) is 20.4. The summed E-state index contributed by atoms with van der Waals surface area (Å²) < 4.78 is 34.2. The van der Waals surface area contributed by atoms with Crippen molar-refractivity contribution in [1.29, 1.82) is 0 Å². The van der Waals surface area contributed by atoms with Crippen molar-refractivity contribution in [3.63, 3.8) is 0 Å². The van der Waals surface area contributed by atoms with Gasteiger partial charge in [-0.3, -0.25) is 14.9 Å². The zero-order chi connectivity index (χ0) is 24.2. The van der Waals surface area contributed by atoms with Crippen molar-refractivity contribution in [2.24, 2.45) is 0 Å². The highest BCUT2D eigenvalue weighted by molar-refractivity contribution is 7.99. The van der Waals surface area contributed by atoms with Gasteiger partial charge in [-0.05, 0) is 19.9 Å². The van der Waals surface area contributed by atoms with Crippen LogP contribution >= 0.6 is 11.8 Å². The summed E-state index contributed by atoms with van der Waals surface area (Å²) in [6.07, 6.45) is 0. The maximum atomic E-state index is 12.9. The number of aromatic nitrogens is 2. The van der Waals surface area contributed by atoms with Crippen molar-refractivity contribution in [3.05, 3.63) is 45.8 Å². The lowest BCUT2D eigenvalue weighted by atomic mass is 10.3. The standard InChI is InChI=1S/C20H27N5O6S2/c1-15-16(2)24(11-12-31-3)20(21-15)32-14-19(26)22-7-9-23(10-8-22)33(29,30)18-6-4-5-17(13-18)25(27)28/h4-6,13H,7-12,14H2,1-3H3. The molecule has 3 rings (SSSR count). The molecule has 2 aromatic rings. The fourth-order valence-electron chi connectivity index (χ4n) is 3.48. The molecule has 1 aromatic heterocycles. The fourth-order valence-corrected chi connectivity index (χ4v) is 5.96. The smallest absolute Gasteiger partial charge is 0.270 e. The van der Waals surface area contributed by atoms with Gasteiger partial charge in [0.15, 0.2) is 5.16 Å². The van der Waals surface area contributed by atoms with E-state index < -0.39 is 14.9 Å². The number of hydrogen-bond acceptors (Lipinski definition) is 8. The number of aryl methyl sites for hydroxylation is 1. The molecule has 13 heteroatoms. The van der Waals surface area contributed by atoms with Crippen LogP contribution < -0.4 is 0 Å². The van der Waals surface area contributed by atoms with Crippen LogP contribution in [0.4, 0.5) is 5.69 Å². The van der Waals surface area contributed by atoms with Crippen LogP contribution in [0.15, 0.2) is 34.3 Å². The van der Waals surface area contributed by atoms with Crippen LogP contribution in [0.1, 0.15) is 11.4 Å². The summed E-state index contributed by atoms with van der Waals surface area (Å²) in [5.41, 5.74) is 1.65. The average Bonchev–Trinajstić information content (AvgIpc) is 3.08. The van der Waals surface area contributed by atoms with E-state index in [0.717, 1.165) is 22.6 Å². The molecule has 0 unspecified atom stereocenters. The quantitative estimate of drug-likeness (QED) is 0.291. The van der Waals surface area contributed by atoms with Crippen LogP contribution in [0.2, 0.25) is 0 Å². The van der Waals surface area contributed by atoms with E-state index in [0.29, 0.717) is 13.2 Å². The van der Waals surface area contributed by atoms with E-state index in [1.807, 2.05) is 18.4 Å². The summed E-state index contributed by atoms with van der Waals surface area (Å²) >= 11 is 1.35. The first kappa shape index (κ1) is 25.1. The van der Waals surface area contributed by atoms with E-state index in [-0.39, 0.29) is 48.4 Å². The number of nitrogens with zero attached hydrogens (tertiary/aromatic N) is 5. The Kier molecular flexibility index (Phi) is 8.10. The van der Waals surface area contributed by atoms with Gasteiger partial charge in [0.05, 0.1) is 27.9 Å². The number of ether oxygens (including phenoxy) is 1. The van der Waals surface area contributed by atoms with Gasteiger partial charge in [-0.1, -0.05) is 17.8 Å². The number of benzene rings is 1. The molecule has 0 atom stereocenters. The predicted octanol–water partition coefficient (Wildman–Crippen LogP) is 1.68. The third-order valence-electron chi connectivity index (χ3n) is 5.52. The number of nitro benzene ring substituents is 1. The van der Waals surface area contributed by atoms with E-state index in [9.17, 15) is 23.3 Å². The van der Waals surface area contributed by atoms with Gasteiger partial charge in [0, 0.05) is 57.7 Å². The molecule has 180 valence electrons. The number of carbonyl (C=O) groups is 1. The Morgan fingerprint density at radius 2 is 1.94 bits per heavy atom. The van der Waals surface area contributed by atoms with Gasteiger partial charge < -0.3 is 14.2 Å². The SMILES string of the molecule is COCCn1c(SCC(=O)N2CCN(S(=O)(=O)c3cccc([N+](=O)[O-])c3)CC2)nc(C)c1C. The maximum absolute atomic E-state index is 12.9. The maximum Gasteiger partial charge on any atom is 0.270 e. The highest BCUT2D eigenvalue weighted by atomic mass is 32.2. The lowest BCUT2D eigenvalue weighted by molar-refractivity contribution is -0.385. The summed E-state index contributed by atoms with van der Waals surface area (Å²) in [4.78, 5) is 29.1. The first-order valence-electron chi connectivity index (χ1n) is 10.3. The molecule has 2 heterocycles. The lowest BCUT2D eigenvalue weighted by Gasteiger charge is -2.34. The summed E-state index contributed by atoms with van der Waals surface area (Å²) in [5.74, 6) is 0.101. The number of rotatable bonds is 9. The molecule has 33 heavy (non-hydrogen) atoms. The Balaban J connectivity index is 1.59. The number of imidazole rings is 1. The van der Waals surface area contributed by atoms with Gasteiger partial charge in [0.1, 0.15) is 0 Å². The molecular weight excluding hydrogens is 470 g/mol. The van der Waals surface area contributed by atoms with Crippen LogP contribution in [0.3, 0.4) is 0 Å². The molecule has 1 aromatic carbocycles. The molecule has 1 saturated heterocycles. The molecule has 1 aliphatic rings. The average molecular weight is 498 g/mol. The minimum absolute atomic E-state index is 0.0935. The predicted molar refractivity (Wildman–Crippen MR) is 123 cm³/mol. The summed E-state index contributed by atoms with van der Waals surface area (Å²) in [6, 6.07) is 4.99. The summed E-state index contributed by atoms with van der Waals surface area (Å²) in [5, 5.41) is 11.7. The van der Waals surface area contributed by atoms with Gasteiger partial charge in [-0.15, -0.1) is 0 Å². The van der Waals surface area contributed by atoms with Crippen LogP contribution in [0.25, 0.3) is 0 Å². The van der Waals surface area contributed by atoms with Gasteiger partial charge in [0.2, 0.25) is 15.9 Å². The topological polar surface area (TPSA) is 128 Å². The third-order valence-corrected chi connectivity index (χ3v) is 8.38. The number of nitro groups is 1. The second-order valence-electron chi connectivity index (χ2n) is 7.54. The number of carbonyl (C=O) groups excluding carboxylic acids is 1. The number of hydrogen-bond donors (Lipinski definition) is 0. The number of thioether (sulfide) groups is 1. The summed E-state index contributed by atoms with van der Waals surface area (Å²) in [6.45, 7) is 5.85. The van der Waals surface area contributed by atoms with Crippen LogP contribution in [-0.2, 0) is 26.1 Å². The van der Waals surface area contributed by atoms with E-state index in [1.54, 1.807) is 12.0 Å². The van der Waals surface area contributed by atoms with Crippen LogP contribution in [0.5, 0.6) is 0 Å². The minimum Gasteiger partial charge on any atom is -0.383 e. The van der Waals surface area contributed by atoms with E-state index in [4.69, 9.17) is 4.74 Å². The van der Waals surface area contributed by atoms with Gasteiger partial charge in [-0.2, -0.15) is 4.31 Å². The Morgan fingerprint density at radius 1 is 1.24 bits per heavy atom. The largest absolute Gasteiger partial charge is 0.383 e. The minimum atomic E-state index is -3.88. The Morgan fingerprint density at radius 3 is 2.58 bits per heavy atom. The van der Waals surface area contributed by atoms with Gasteiger partial charge >= 0.3 is 0 Å². The lowest BCUT2D eigenvalue weighted by Crippen LogP contribution is -2.51. The van der Waals surface area contributed by atoms with Gasteiger partial charge in [-0.25, -0.2) is 13.4 Å². The molecule has 0 spiro atoms. The number of piperazine rings is 1. The number of sulfonamides is 1. The first-order chi connectivity index (χ1) is 15.6. The fraction of sp³-hybridized carbons (Fsp3) is 0.500. The Hall–Kier alpha value is -2.48. The summed E-state index contributed by atoms with van der Waals surface area (Å²) in [7, 11) is -2.25. The molecule has 0 aliphatic carbocycles. The van der Waals surface area contributed by atoms with Crippen molar-refractivity contribution >= 4 is 33.4 Å².